The Morgan fingerprint density at radius 1 is 0.500 bits per heavy atom. The molecule has 0 aliphatic heterocycles. The highest BCUT2D eigenvalue weighted by atomic mass is 15.1. The molecule has 0 atom stereocenters. The lowest BCUT2D eigenvalue weighted by Gasteiger charge is -2.12. The molecule has 0 radical (unpaired) electrons. The highest BCUT2D eigenvalue weighted by molar-refractivity contribution is 6.13. The quantitative estimate of drug-likeness (QED) is 0.193. The van der Waals surface area contributed by atoms with Gasteiger partial charge < -0.3 is 4.98 Å². The highest BCUT2D eigenvalue weighted by Gasteiger charge is 2.22. The van der Waals surface area contributed by atoms with Crippen LogP contribution >= 0.6 is 0 Å². The summed E-state index contributed by atoms with van der Waals surface area (Å²) in [5, 5.41) is 4.78. The van der Waals surface area contributed by atoms with Crippen LogP contribution in [0.4, 0.5) is 0 Å². The van der Waals surface area contributed by atoms with Gasteiger partial charge in [0, 0.05) is 50.1 Å². The first-order valence-electron chi connectivity index (χ1n) is 19.2. The van der Waals surface area contributed by atoms with Crippen LogP contribution in [0.5, 0.6) is 0 Å². The minimum atomic E-state index is 0.897. The molecule has 5 nitrogen and oxygen atoms in total. The van der Waals surface area contributed by atoms with Crippen LogP contribution in [0.15, 0.2) is 164 Å². The number of aromatic amines is 1. The van der Waals surface area contributed by atoms with Crippen molar-refractivity contribution >= 4 is 54.6 Å². The molecule has 0 bridgehead atoms. The van der Waals surface area contributed by atoms with Gasteiger partial charge in [-0.15, -0.1) is 0 Å². The maximum atomic E-state index is 5.56. The van der Waals surface area contributed by atoms with Crippen molar-refractivity contribution in [3.8, 4) is 45.1 Å². The third-order valence-corrected chi connectivity index (χ3v) is 11.5. The van der Waals surface area contributed by atoms with E-state index in [1.807, 2.05) is 6.20 Å². The Hall–Kier alpha value is -7.24. The number of para-hydroxylation sites is 4. The van der Waals surface area contributed by atoms with Gasteiger partial charge in [-0.05, 0) is 109 Å². The van der Waals surface area contributed by atoms with Crippen molar-refractivity contribution < 1.29 is 0 Å². The molecule has 1 N–H and O–H groups in total. The number of H-pyrrole nitrogens is 1. The van der Waals surface area contributed by atoms with Crippen LogP contribution in [0.1, 0.15) is 16.7 Å². The average molecular weight is 720 g/mol. The van der Waals surface area contributed by atoms with Gasteiger partial charge in [0.1, 0.15) is 11.6 Å². The molecule has 0 aliphatic rings. The number of imidazole rings is 1. The topological polar surface area (TPSA) is 51.4 Å². The van der Waals surface area contributed by atoms with Crippen molar-refractivity contribution in [2.45, 2.75) is 20.8 Å². The number of hydrogen-bond acceptors (Lipinski definition) is 2. The average Bonchev–Trinajstić information content (AvgIpc) is 3.90. The Labute approximate surface area is 324 Å². The van der Waals surface area contributed by atoms with Crippen LogP contribution in [-0.4, -0.2) is 24.1 Å². The number of fused-ring (bicyclic) bond motifs is 7. The Morgan fingerprint density at radius 2 is 1.18 bits per heavy atom. The molecular formula is C51H37N5. The summed E-state index contributed by atoms with van der Waals surface area (Å²) < 4.78 is 4.64. The minimum absolute atomic E-state index is 0.897. The summed E-state index contributed by atoms with van der Waals surface area (Å²) in [7, 11) is 0. The van der Waals surface area contributed by atoms with Gasteiger partial charge in [0.25, 0.3) is 0 Å². The van der Waals surface area contributed by atoms with Crippen molar-refractivity contribution in [2.24, 2.45) is 0 Å². The Bertz CT molecular complexity index is 3320. The molecule has 56 heavy (non-hydrogen) atoms. The fourth-order valence-electron chi connectivity index (χ4n) is 8.91. The predicted octanol–water partition coefficient (Wildman–Crippen LogP) is 13.1. The monoisotopic (exact) mass is 719 g/mol. The molecule has 266 valence electrons. The SMILES string of the molecule is Cc1ccnc(-n2c3cc(-c4c(C)cccc4C)ccc3c3ccc(-c4cccc5c4nc(-c4cccc6c4[nH]c4ccccc46)n5-c4ccccc4)cc32)c1. The number of pyridine rings is 1. The highest BCUT2D eigenvalue weighted by Crippen LogP contribution is 2.41. The fraction of sp³-hybridized carbons (Fsp3) is 0.0588. The van der Waals surface area contributed by atoms with Crippen LogP contribution in [-0.2, 0) is 0 Å². The van der Waals surface area contributed by atoms with E-state index in [1.54, 1.807) is 0 Å². The summed E-state index contributed by atoms with van der Waals surface area (Å²) in [6, 6.07) is 56.7. The molecule has 0 amide bonds. The minimum Gasteiger partial charge on any atom is -0.354 e. The van der Waals surface area contributed by atoms with Crippen molar-refractivity contribution in [3.63, 3.8) is 0 Å². The second-order valence-electron chi connectivity index (χ2n) is 14.9. The van der Waals surface area contributed by atoms with E-state index in [9.17, 15) is 0 Å². The van der Waals surface area contributed by atoms with E-state index in [2.05, 4.69) is 193 Å². The summed E-state index contributed by atoms with van der Waals surface area (Å²) in [6.07, 6.45) is 1.91. The lowest BCUT2D eigenvalue weighted by atomic mass is 9.95. The first-order chi connectivity index (χ1) is 27.5. The summed E-state index contributed by atoms with van der Waals surface area (Å²) >= 11 is 0. The first-order valence-corrected chi connectivity index (χ1v) is 19.2. The molecular weight excluding hydrogens is 683 g/mol. The summed E-state index contributed by atoms with van der Waals surface area (Å²) in [5.41, 5.74) is 16.9. The number of benzene rings is 7. The molecule has 11 aromatic rings. The van der Waals surface area contributed by atoms with E-state index in [-0.39, 0.29) is 0 Å². The zero-order valence-electron chi connectivity index (χ0n) is 31.4. The van der Waals surface area contributed by atoms with Gasteiger partial charge in [-0.1, -0.05) is 103 Å². The molecule has 0 aliphatic carbocycles. The summed E-state index contributed by atoms with van der Waals surface area (Å²) in [6.45, 7) is 6.52. The molecule has 4 aromatic heterocycles. The van der Waals surface area contributed by atoms with Gasteiger partial charge in [0.2, 0.25) is 0 Å². The largest absolute Gasteiger partial charge is 0.354 e. The van der Waals surface area contributed by atoms with Gasteiger partial charge in [-0.2, -0.15) is 0 Å². The number of hydrogen-bond donors (Lipinski definition) is 1. The van der Waals surface area contributed by atoms with Gasteiger partial charge in [0.15, 0.2) is 0 Å². The van der Waals surface area contributed by atoms with Gasteiger partial charge in [0.05, 0.1) is 27.6 Å². The van der Waals surface area contributed by atoms with Crippen molar-refractivity contribution in [2.75, 3.05) is 0 Å². The Balaban J connectivity index is 1.17. The molecule has 11 rings (SSSR count). The number of nitrogens with one attached hydrogen (secondary N) is 1. The van der Waals surface area contributed by atoms with Gasteiger partial charge in [-0.3, -0.25) is 9.13 Å². The number of aryl methyl sites for hydroxylation is 3. The maximum Gasteiger partial charge on any atom is 0.147 e. The first kappa shape index (κ1) is 32.2. The number of nitrogens with zero attached hydrogens (tertiary/aromatic N) is 4. The molecule has 0 saturated carbocycles. The lowest BCUT2D eigenvalue weighted by Crippen LogP contribution is -1.98. The lowest BCUT2D eigenvalue weighted by molar-refractivity contribution is 1.07. The van der Waals surface area contributed by atoms with E-state index in [1.165, 1.54) is 49.4 Å². The predicted molar refractivity (Wildman–Crippen MR) is 233 cm³/mol. The van der Waals surface area contributed by atoms with E-state index in [0.717, 1.165) is 67.1 Å². The molecule has 0 spiro atoms. The zero-order chi connectivity index (χ0) is 37.5. The zero-order valence-corrected chi connectivity index (χ0v) is 31.4. The third kappa shape index (κ3) is 4.87. The fourth-order valence-corrected chi connectivity index (χ4v) is 8.91. The van der Waals surface area contributed by atoms with Crippen molar-refractivity contribution in [1.82, 2.24) is 24.1 Å². The van der Waals surface area contributed by atoms with Crippen LogP contribution in [0.25, 0.3) is 99.8 Å². The van der Waals surface area contributed by atoms with Crippen molar-refractivity contribution in [3.05, 3.63) is 181 Å². The van der Waals surface area contributed by atoms with Gasteiger partial charge >= 0.3 is 0 Å². The molecule has 5 heteroatoms. The second kappa shape index (κ2) is 12.4. The number of rotatable bonds is 5. The summed E-state index contributed by atoms with van der Waals surface area (Å²) in [5.74, 6) is 1.80. The smallest absolute Gasteiger partial charge is 0.147 e. The van der Waals surface area contributed by atoms with E-state index in [0.29, 0.717) is 0 Å². The molecule has 0 fully saturated rings. The Morgan fingerprint density at radius 3 is 1.98 bits per heavy atom. The van der Waals surface area contributed by atoms with Crippen LogP contribution in [0, 0.1) is 20.8 Å². The summed E-state index contributed by atoms with van der Waals surface area (Å²) in [4.78, 5) is 14.2. The Kier molecular flexibility index (Phi) is 7.13. The number of aromatic nitrogens is 5. The van der Waals surface area contributed by atoms with E-state index < -0.39 is 0 Å². The molecule has 4 heterocycles. The third-order valence-electron chi connectivity index (χ3n) is 11.5. The van der Waals surface area contributed by atoms with E-state index >= 15 is 0 Å². The second-order valence-corrected chi connectivity index (χ2v) is 14.9. The van der Waals surface area contributed by atoms with Crippen molar-refractivity contribution in [1.29, 1.82) is 0 Å². The molecule has 7 aromatic carbocycles. The standard InChI is InChI=1S/C51H37N5/c1-31-26-27-52-47(28-31)56-45-29-34(22-24-39(45)40-25-23-35(30-46(40)56)48-32(2)12-9-13-33(48)3)37-17-11-21-44-50(37)54-51(55(44)36-14-5-4-6-15-36)42-19-10-18-41-38-16-7-8-20-43(38)53-49(41)42/h4-30,53H,1-3H3. The molecule has 0 unspecified atom stereocenters. The van der Waals surface area contributed by atoms with E-state index in [4.69, 9.17) is 9.97 Å². The normalized spacial score (nSPS) is 11.8. The van der Waals surface area contributed by atoms with Gasteiger partial charge in [-0.25, -0.2) is 9.97 Å². The van der Waals surface area contributed by atoms with Crippen LogP contribution < -0.4 is 0 Å². The molecule has 0 saturated heterocycles. The van der Waals surface area contributed by atoms with Crippen LogP contribution in [0.3, 0.4) is 0 Å². The van der Waals surface area contributed by atoms with Crippen LogP contribution in [0.2, 0.25) is 0 Å². The maximum absolute atomic E-state index is 5.56.